The van der Waals surface area contributed by atoms with Crippen LogP contribution in [0.15, 0.2) is 22.7 Å². The molecule has 1 atom stereocenters. The van der Waals surface area contributed by atoms with E-state index in [0.29, 0.717) is 23.1 Å². The van der Waals surface area contributed by atoms with Gasteiger partial charge in [0.15, 0.2) is 0 Å². The molecule has 0 aliphatic carbocycles. The van der Waals surface area contributed by atoms with Gasteiger partial charge in [0.2, 0.25) is 5.91 Å². The van der Waals surface area contributed by atoms with Crippen LogP contribution in [0.25, 0.3) is 0 Å². The van der Waals surface area contributed by atoms with Gasteiger partial charge in [-0.2, -0.15) is 0 Å². The largest absolute Gasteiger partial charge is 0.341 e. The summed E-state index contributed by atoms with van der Waals surface area (Å²) in [6, 6.07) is 4.84. The monoisotopic (exact) mass is 300 g/mol. The molecule has 5 heteroatoms. The Balaban J connectivity index is 2.00. The number of halogens is 2. The lowest BCUT2D eigenvalue weighted by Crippen LogP contribution is -2.32. The zero-order valence-electron chi connectivity index (χ0n) is 9.33. The summed E-state index contributed by atoms with van der Waals surface area (Å²) in [5, 5.41) is 0. The van der Waals surface area contributed by atoms with Crippen LogP contribution in [0.3, 0.4) is 0 Å². The molecular weight excluding hydrogens is 287 g/mol. The van der Waals surface area contributed by atoms with Crippen molar-refractivity contribution < 1.29 is 9.18 Å². The number of amides is 1. The second kappa shape index (κ2) is 5.14. The Morgan fingerprint density at radius 1 is 1.59 bits per heavy atom. The average molecular weight is 301 g/mol. The van der Waals surface area contributed by atoms with Crippen molar-refractivity contribution in [2.24, 2.45) is 5.73 Å². The van der Waals surface area contributed by atoms with E-state index in [1.165, 1.54) is 6.07 Å². The van der Waals surface area contributed by atoms with Crippen molar-refractivity contribution in [3.63, 3.8) is 0 Å². The Kier molecular flexibility index (Phi) is 3.79. The predicted octanol–water partition coefficient (Wildman–Crippen LogP) is 1.69. The molecule has 1 aliphatic rings. The van der Waals surface area contributed by atoms with E-state index in [9.17, 15) is 9.18 Å². The first-order valence-corrected chi connectivity index (χ1v) is 6.33. The highest BCUT2D eigenvalue weighted by molar-refractivity contribution is 9.10. The highest BCUT2D eigenvalue weighted by Crippen LogP contribution is 2.17. The standard InChI is InChI=1S/C12H14BrFN2O/c13-10-2-1-8(5-11(10)14)6-12(17)16-4-3-9(15)7-16/h1-2,5,9H,3-4,6-7,15H2/t9-/m0/s1. The topological polar surface area (TPSA) is 46.3 Å². The average Bonchev–Trinajstić information content (AvgIpc) is 2.70. The van der Waals surface area contributed by atoms with Crippen molar-refractivity contribution in [2.75, 3.05) is 13.1 Å². The lowest BCUT2D eigenvalue weighted by molar-refractivity contribution is -0.129. The van der Waals surface area contributed by atoms with Crippen molar-refractivity contribution in [2.45, 2.75) is 18.9 Å². The number of hydrogen-bond acceptors (Lipinski definition) is 2. The van der Waals surface area contributed by atoms with Crippen LogP contribution >= 0.6 is 15.9 Å². The van der Waals surface area contributed by atoms with Gasteiger partial charge < -0.3 is 10.6 Å². The normalized spacial score (nSPS) is 19.7. The van der Waals surface area contributed by atoms with E-state index in [1.54, 1.807) is 17.0 Å². The van der Waals surface area contributed by atoms with Gasteiger partial charge in [-0.25, -0.2) is 4.39 Å². The second-order valence-corrected chi connectivity index (χ2v) is 5.17. The number of carbonyl (C=O) groups is 1. The lowest BCUT2D eigenvalue weighted by Gasteiger charge is -2.15. The molecule has 0 bridgehead atoms. The van der Waals surface area contributed by atoms with E-state index in [2.05, 4.69) is 15.9 Å². The Hall–Kier alpha value is -0.940. The van der Waals surface area contributed by atoms with Gasteiger partial charge >= 0.3 is 0 Å². The number of likely N-dealkylation sites (tertiary alicyclic amines) is 1. The Morgan fingerprint density at radius 3 is 2.94 bits per heavy atom. The molecule has 0 unspecified atom stereocenters. The molecule has 2 rings (SSSR count). The highest BCUT2D eigenvalue weighted by Gasteiger charge is 2.23. The van der Waals surface area contributed by atoms with Crippen molar-refractivity contribution in [1.29, 1.82) is 0 Å². The first-order valence-electron chi connectivity index (χ1n) is 5.53. The molecule has 1 aliphatic heterocycles. The third-order valence-corrected chi connectivity index (χ3v) is 3.56. The molecule has 1 amide bonds. The zero-order chi connectivity index (χ0) is 12.4. The Labute approximate surface area is 108 Å². The molecule has 2 N–H and O–H groups in total. The molecule has 3 nitrogen and oxygen atoms in total. The van der Waals surface area contributed by atoms with Crippen molar-refractivity contribution in [3.05, 3.63) is 34.1 Å². The van der Waals surface area contributed by atoms with E-state index in [4.69, 9.17) is 5.73 Å². The first kappa shape index (κ1) is 12.5. The molecule has 1 fully saturated rings. The van der Waals surface area contributed by atoms with Crippen LogP contribution < -0.4 is 5.73 Å². The molecule has 0 spiro atoms. The molecule has 1 saturated heterocycles. The second-order valence-electron chi connectivity index (χ2n) is 4.31. The maximum Gasteiger partial charge on any atom is 0.227 e. The highest BCUT2D eigenvalue weighted by atomic mass is 79.9. The van der Waals surface area contributed by atoms with E-state index in [0.717, 1.165) is 6.42 Å². The molecule has 1 aromatic carbocycles. The van der Waals surface area contributed by atoms with Crippen molar-refractivity contribution in [3.8, 4) is 0 Å². The van der Waals surface area contributed by atoms with Crippen LogP contribution in [0.4, 0.5) is 4.39 Å². The molecule has 1 aromatic rings. The quantitative estimate of drug-likeness (QED) is 0.903. The molecule has 0 saturated carbocycles. The summed E-state index contributed by atoms with van der Waals surface area (Å²) in [6.07, 6.45) is 1.08. The SMILES string of the molecule is N[C@H]1CCN(C(=O)Cc2ccc(Br)c(F)c2)C1. The van der Waals surface area contributed by atoms with E-state index >= 15 is 0 Å². The maximum absolute atomic E-state index is 13.3. The number of nitrogens with two attached hydrogens (primary N) is 1. The fraction of sp³-hybridized carbons (Fsp3) is 0.417. The van der Waals surface area contributed by atoms with Crippen LogP contribution in [0, 0.1) is 5.82 Å². The number of benzene rings is 1. The molecule has 17 heavy (non-hydrogen) atoms. The van der Waals surface area contributed by atoms with Gasteiger partial charge in [0.25, 0.3) is 0 Å². The minimum atomic E-state index is -0.339. The summed E-state index contributed by atoms with van der Waals surface area (Å²) >= 11 is 3.08. The van der Waals surface area contributed by atoms with E-state index in [1.807, 2.05) is 0 Å². The van der Waals surface area contributed by atoms with Crippen LogP contribution in [0.2, 0.25) is 0 Å². The Morgan fingerprint density at radius 2 is 2.35 bits per heavy atom. The number of carbonyl (C=O) groups excluding carboxylic acids is 1. The number of nitrogens with zero attached hydrogens (tertiary/aromatic N) is 1. The molecule has 0 radical (unpaired) electrons. The summed E-state index contributed by atoms with van der Waals surface area (Å²) < 4.78 is 13.7. The van der Waals surface area contributed by atoms with Crippen LogP contribution in [-0.2, 0) is 11.2 Å². The van der Waals surface area contributed by atoms with Gasteiger partial charge in [-0.05, 0) is 40.0 Å². The van der Waals surface area contributed by atoms with Gasteiger partial charge in [0.05, 0.1) is 10.9 Å². The van der Waals surface area contributed by atoms with Crippen LogP contribution in [0.1, 0.15) is 12.0 Å². The van der Waals surface area contributed by atoms with Crippen molar-refractivity contribution in [1.82, 2.24) is 4.90 Å². The number of rotatable bonds is 2. The smallest absolute Gasteiger partial charge is 0.227 e. The first-order chi connectivity index (χ1) is 8.06. The minimum Gasteiger partial charge on any atom is -0.341 e. The van der Waals surface area contributed by atoms with Gasteiger partial charge in [-0.15, -0.1) is 0 Å². The van der Waals surface area contributed by atoms with Crippen molar-refractivity contribution >= 4 is 21.8 Å². The minimum absolute atomic E-state index is 0.0136. The van der Waals surface area contributed by atoms with Crippen LogP contribution in [-0.4, -0.2) is 29.9 Å². The molecular formula is C12H14BrFN2O. The summed E-state index contributed by atoms with van der Waals surface area (Å²) in [5.74, 6) is -0.326. The van der Waals surface area contributed by atoms with Gasteiger partial charge in [0, 0.05) is 19.1 Å². The fourth-order valence-electron chi connectivity index (χ4n) is 1.95. The predicted molar refractivity (Wildman–Crippen MR) is 67.0 cm³/mol. The summed E-state index contributed by atoms with van der Waals surface area (Å²) in [4.78, 5) is 13.6. The number of hydrogen-bond donors (Lipinski definition) is 1. The summed E-state index contributed by atoms with van der Waals surface area (Å²) in [5.41, 5.74) is 6.43. The van der Waals surface area contributed by atoms with Gasteiger partial charge in [-0.3, -0.25) is 4.79 Å². The molecule has 1 heterocycles. The molecule has 92 valence electrons. The van der Waals surface area contributed by atoms with Crippen LogP contribution in [0.5, 0.6) is 0 Å². The fourth-order valence-corrected chi connectivity index (χ4v) is 2.20. The summed E-state index contributed by atoms with van der Waals surface area (Å²) in [7, 11) is 0. The van der Waals surface area contributed by atoms with E-state index < -0.39 is 0 Å². The zero-order valence-corrected chi connectivity index (χ0v) is 10.9. The summed E-state index contributed by atoms with van der Waals surface area (Å²) in [6.45, 7) is 1.32. The maximum atomic E-state index is 13.3. The van der Waals surface area contributed by atoms with E-state index in [-0.39, 0.29) is 24.2 Å². The lowest BCUT2D eigenvalue weighted by atomic mass is 10.1. The third kappa shape index (κ3) is 3.04. The van der Waals surface area contributed by atoms with Gasteiger partial charge in [0.1, 0.15) is 5.82 Å². The van der Waals surface area contributed by atoms with Gasteiger partial charge in [-0.1, -0.05) is 6.07 Å². The molecule has 0 aromatic heterocycles. The third-order valence-electron chi connectivity index (χ3n) is 2.92. The Bertz CT molecular complexity index is 439.